The molecule has 0 aliphatic rings. The van der Waals surface area contributed by atoms with Gasteiger partial charge >= 0.3 is 11.9 Å². The van der Waals surface area contributed by atoms with Gasteiger partial charge in [0.15, 0.2) is 6.19 Å². The van der Waals surface area contributed by atoms with Crippen LogP contribution < -0.4 is 5.32 Å². The smallest absolute Gasteiger partial charge is 0.326 e. The third-order valence-corrected chi connectivity index (χ3v) is 1.18. The second-order valence-electron chi connectivity index (χ2n) is 2.08. The van der Waals surface area contributed by atoms with E-state index in [0.29, 0.717) is 0 Å². The molecule has 0 aromatic carbocycles. The summed E-state index contributed by atoms with van der Waals surface area (Å²) in [6, 6.07) is -1.11. The summed E-state index contributed by atoms with van der Waals surface area (Å²) in [6.45, 7) is 0. The second-order valence-corrected chi connectivity index (χ2v) is 2.08. The van der Waals surface area contributed by atoms with Gasteiger partial charge in [-0.15, -0.1) is 0 Å². The van der Waals surface area contributed by atoms with E-state index in [-0.39, 0.29) is 12.8 Å². The number of carboxylic acid groups (broad SMARTS) is 2. The van der Waals surface area contributed by atoms with Gasteiger partial charge in [-0.25, -0.2) is 4.79 Å². The molecule has 3 N–H and O–H groups in total. The highest BCUT2D eigenvalue weighted by atomic mass is 16.4. The highest BCUT2D eigenvalue weighted by molar-refractivity contribution is 5.75. The fourth-order valence-corrected chi connectivity index (χ4v) is 0.603. The Morgan fingerprint density at radius 3 is 2.42 bits per heavy atom. The molecular weight excluding hydrogens is 164 g/mol. The molecule has 6 heteroatoms. The maximum absolute atomic E-state index is 10.3. The molecular formula is C6H8N2O4. The molecule has 0 heterocycles. The highest BCUT2D eigenvalue weighted by Crippen LogP contribution is 1.96. The Morgan fingerprint density at radius 1 is 1.50 bits per heavy atom. The molecule has 1 atom stereocenters. The van der Waals surface area contributed by atoms with Crippen molar-refractivity contribution in [2.75, 3.05) is 0 Å². The van der Waals surface area contributed by atoms with Crippen molar-refractivity contribution in [1.29, 1.82) is 5.26 Å². The van der Waals surface area contributed by atoms with Crippen molar-refractivity contribution in [3.8, 4) is 6.19 Å². The number of carboxylic acids is 2. The molecule has 0 bridgehead atoms. The summed E-state index contributed by atoms with van der Waals surface area (Å²) in [4.78, 5) is 20.3. The molecule has 0 fully saturated rings. The zero-order chi connectivity index (χ0) is 9.56. The number of carbonyl (C=O) groups is 2. The zero-order valence-corrected chi connectivity index (χ0v) is 6.15. The van der Waals surface area contributed by atoms with E-state index in [2.05, 4.69) is 0 Å². The van der Waals surface area contributed by atoms with Crippen molar-refractivity contribution >= 4 is 11.9 Å². The highest BCUT2D eigenvalue weighted by Gasteiger charge is 2.17. The first kappa shape index (κ1) is 10.2. The molecule has 0 unspecified atom stereocenters. The number of rotatable bonds is 5. The van der Waals surface area contributed by atoms with Crippen molar-refractivity contribution in [2.24, 2.45) is 0 Å². The van der Waals surface area contributed by atoms with Gasteiger partial charge < -0.3 is 15.5 Å². The standard InChI is InChI=1S/C6H8N2O4/c7-3-8-4(6(11)12)1-2-5(9)10/h4,8H,1-2H2,(H,9,10)(H,11,12)/t4-/m0/s1. The van der Waals surface area contributed by atoms with Gasteiger partial charge in [-0.1, -0.05) is 0 Å². The maximum Gasteiger partial charge on any atom is 0.326 e. The SMILES string of the molecule is N#CN[C@@H](CCC(=O)O)C(=O)O. The minimum Gasteiger partial charge on any atom is -0.481 e. The molecule has 0 saturated carbocycles. The van der Waals surface area contributed by atoms with E-state index in [0.717, 1.165) is 0 Å². The molecule has 0 amide bonds. The molecule has 0 saturated heterocycles. The van der Waals surface area contributed by atoms with Crippen LogP contribution in [-0.4, -0.2) is 28.2 Å². The van der Waals surface area contributed by atoms with Gasteiger partial charge in [0.05, 0.1) is 0 Å². The third kappa shape index (κ3) is 4.11. The zero-order valence-electron chi connectivity index (χ0n) is 6.15. The van der Waals surface area contributed by atoms with E-state index in [1.165, 1.54) is 6.19 Å². The van der Waals surface area contributed by atoms with Gasteiger partial charge in [-0.3, -0.25) is 4.79 Å². The van der Waals surface area contributed by atoms with Crippen molar-refractivity contribution in [3.05, 3.63) is 0 Å². The predicted octanol–water partition coefficient (Wildman–Crippen LogP) is -0.625. The number of nitrogens with one attached hydrogen (secondary N) is 1. The van der Waals surface area contributed by atoms with Crippen LogP contribution in [0.3, 0.4) is 0 Å². The summed E-state index contributed by atoms with van der Waals surface area (Å²) >= 11 is 0. The molecule has 0 rings (SSSR count). The Labute approximate surface area is 68.4 Å². The van der Waals surface area contributed by atoms with Crippen LogP contribution in [0.25, 0.3) is 0 Å². The summed E-state index contributed by atoms with van der Waals surface area (Å²) < 4.78 is 0. The van der Waals surface area contributed by atoms with Gasteiger partial charge in [-0.2, -0.15) is 5.26 Å². The summed E-state index contributed by atoms with van der Waals surface area (Å²) in [6.07, 6.45) is 1.08. The van der Waals surface area contributed by atoms with E-state index in [9.17, 15) is 9.59 Å². The van der Waals surface area contributed by atoms with Crippen molar-refractivity contribution in [1.82, 2.24) is 5.32 Å². The lowest BCUT2D eigenvalue weighted by molar-refractivity contribution is -0.140. The van der Waals surface area contributed by atoms with Crippen LogP contribution in [-0.2, 0) is 9.59 Å². The first-order valence-corrected chi connectivity index (χ1v) is 3.17. The Kier molecular flexibility index (Phi) is 4.23. The maximum atomic E-state index is 10.3. The van der Waals surface area contributed by atoms with Crippen molar-refractivity contribution < 1.29 is 19.8 Å². The van der Waals surface area contributed by atoms with Crippen LogP contribution in [0.2, 0.25) is 0 Å². The third-order valence-electron chi connectivity index (χ3n) is 1.18. The van der Waals surface area contributed by atoms with E-state index in [1.807, 2.05) is 5.32 Å². The number of nitrogens with zero attached hydrogens (tertiary/aromatic N) is 1. The molecule has 0 spiro atoms. The Hall–Kier alpha value is -1.77. The molecule has 0 aliphatic carbocycles. The van der Waals surface area contributed by atoms with Gasteiger partial charge in [0.2, 0.25) is 0 Å². The van der Waals surface area contributed by atoms with Crippen molar-refractivity contribution in [3.63, 3.8) is 0 Å². The van der Waals surface area contributed by atoms with Crippen LogP contribution in [0.1, 0.15) is 12.8 Å². The summed E-state index contributed by atoms with van der Waals surface area (Å²) in [5.41, 5.74) is 0. The summed E-state index contributed by atoms with van der Waals surface area (Å²) in [5.74, 6) is -2.31. The average Bonchev–Trinajstić information content (AvgIpc) is 1.96. The van der Waals surface area contributed by atoms with Crippen LogP contribution in [0, 0.1) is 11.5 Å². The first-order chi connectivity index (χ1) is 5.57. The van der Waals surface area contributed by atoms with Crippen LogP contribution in [0.5, 0.6) is 0 Å². The fraction of sp³-hybridized carbons (Fsp3) is 0.500. The first-order valence-electron chi connectivity index (χ1n) is 3.17. The minimum atomic E-state index is -1.22. The summed E-state index contributed by atoms with van der Waals surface area (Å²) in [5, 5.41) is 26.7. The van der Waals surface area contributed by atoms with E-state index in [1.54, 1.807) is 0 Å². The summed E-state index contributed by atoms with van der Waals surface area (Å²) in [7, 11) is 0. The lowest BCUT2D eigenvalue weighted by Crippen LogP contribution is -2.33. The molecule has 6 nitrogen and oxygen atoms in total. The van der Waals surface area contributed by atoms with Gasteiger partial charge in [0, 0.05) is 6.42 Å². The Balaban J connectivity index is 3.89. The lowest BCUT2D eigenvalue weighted by Gasteiger charge is -2.06. The molecule has 12 heavy (non-hydrogen) atoms. The average molecular weight is 172 g/mol. The Bertz CT molecular complexity index is 220. The van der Waals surface area contributed by atoms with E-state index >= 15 is 0 Å². The predicted molar refractivity (Wildman–Crippen MR) is 37.0 cm³/mol. The van der Waals surface area contributed by atoms with Crippen LogP contribution in [0.4, 0.5) is 0 Å². The topological polar surface area (TPSA) is 110 Å². The van der Waals surface area contributed by atoms with Gasteiger partial charge in [-0.05, 0) is 6.42 Å². The van der Waals surface area contributed by atoms with E-state index < -0.39 is 18.0 Å². The monoisotopic (exact) mass is 172 g/mol. The lowest BCUT2D eigenvalue weighted by atomic mass is 10.1. The fourth-order valence-electron chi connectivity index (χ4n) is 0.603. The normalized spacial score (nSPS) is 11.2. The molecule has 0 aromatic rings. The van der Waals surface area contributed by atoms with Gasteiger partial charge in [0.1, 0.15) is 6.04 Å². The molecule has 66 valence electrons. The number of nitriles is 1. The van der Waals surface area contributed by atoms with Crippen LogP contribution >= 0.6 is 0 Å². The number of hydrogen-bond donors (Lipinski definition) is 3. The minimum absolute atomic E-state index is 0.0990. The molecule has 0 radical (unpaired) electrons. The number of aliphatic carboxylic acids is 2. The second kappa shape index (κ2) is 4.96. The molecule has 0 aliphatic heterocycles. The quantitative estimate of drug-likeness (QED) is 0.376. The Morgan fingerprint density at radius 2 is 2.08 bits per heavy atom. The van der Waals surface area contributed by atoms with Crippen molar-refractivity contribution in [2.45, 2.75) is 18.9 Å². The number of hydrogen-bond acceptors (Lipinski definition) is 4. The van der Waals surface area contributed by atoms with E-state index in [4.69, 9.17) is 15.5 Å². The molecule has 0 aromatic heterocycles. The largest absolute Gasteiger partial charge is 0.481 e. The van der Waals surface area contributed by atoms with Gasteiger partial charge in [0.25, 0.3) is 0 Å². The van der Waals surface area contributed by atoms with Crippen LogP contribution in [0.15, 0.2) is 0 Å².